The summed E-state index contributed by atoms with van der Waals surface area (Å²) in [6.07, 6.45) is 9.58. The van der Waals surface area contributed by atoms with Crippen molar-refractivity contribution >= 4 is 5.69 Å². The molecule has 0 spiro atoms. The topological polar surface area (TPSA) is 41.9 Å². The van der Waals surface area contributed by atoms with Crippen molar-refractivity contribution in [2.45, 2.75) is 18.8 Å². The largest absolute Gasteiger partial charge is 0.371 e. The first-order valence-corrected chi connectivity index (χ1v) is 6.34. The van der Waals surface area contributed by atoms with Gasteiger partial charge in [0.15, 0.2) is 0 Å². The molecule has 1 aliphatic rings. The molecule has 1 aliphatic heterocycles. The van der Waals surface area contributed by atoms with E-state index < -0.39 is 0 Å². The van der Waals surface area contributed by atoms with Crippen molar-refractivity contribution in [3.63, 3.8) is 0 Å². The van der Waals surface area contributed by atoms with E-state index in [-0.39, 0.29) is 0 Å². The van der Waals surface area contributed by atoms with Gasteiger partial charge in [0.25, 0.3) is 0 Å². The number of pyridine rings is 1. The van der Waals surface area contributed by atoms with E-state index >= 15 is 0 Å². The van der Waals surface area contributed by atoms with Crippen LogP contribution in [0.3, 0.4) is 0 Å². The van der Waals surface area contributed by atoms with Crippen molar-refractivity contribution in [2.75, 3.05) is 18.0 Å². The molecule has 18 heavy (non-hydrogen) atoms. The normalized spacial score (nSPS) is 19.8. The van der Waals surface area contributed by atoms with Crippen LogP contribution in [-0.4, -0.2) is 28.0 Å². The van der Waals surface area contributed by atoms with Crippen LogP contribution in [0.1, 0.15) is 24.5 Å². The summed E-state index contributed by atoms with van der Waals surface area (Å²) in [7, 11) is 0. The van der Waals surface area contributed by atoms with E-state index in [0.717, 1.165) is 18.8 Å². The predicted molar refractivity (Wildman–Crippen MR) is 70.5 cm³/mol. The second kappa shape index (κ2) is 5.12. The molecule has 1 fully saturated rings. The number of hydrogen-bond acceptors (Lipinski definition) is 4. The van der Waals surface area contributed by atoms with Crippen molar-refractivity contribution < 1.29 is 0 Å². The van der Waals surface area contributed by atoms with Gasteiger partial charge in [0.1, 0.15) is 6.33 Å². The lowest BCUT2D eigenvalue weighted by atomic mass is 9.94. The molecule has 1 unspecified atom stereocenters. The minimum atomic E-state index is 0.509. The van der Waals surface area contributed by atoms with Gasteiger partial charge in [-0.3, -0.25) is 4.98 Å². The Hall–Kier alpha value is -1.97. The van der Waals surface area contributed by atoms with Crippen LogP contribution in [0.4, 0.5) is 5.69 Å². The van der Waals surface area contributed by atoms with E-state index in [1.54, 1.807) is 6.33 Å². The summed E-state index contributed by atoms with van der Waals surface area (Å²) in [4.78, 5) is 14.8. The molecular formula is C14H16N4. The highest BCUT2D eigenvalue weighted by molar-refractivity contribution is 5.45. The summed E-state index contributed by atoms with van der Waals surface area (Å²) >= 11 is 0. The van der Waals surface area contributed by atoms with Crippen molar-refractivity contribution in [2.24, 2.45) is 0 Å². The average Bonchev–Trinajstić information content (AvgIpc) is 2.49. The lowest BCUT2D eigenvalue weighted by Gasteiger charge is -2.34. The lowest BCUT2D eigenvalue weighted by Crippen LogP contribution is -2.34. The molecule has 1 atom stereocenters. The Bertz CT molecular complexity index is 440. The second-order valence-corrected chi connectivity index (χ2v) is 4.62. The zero-order chi connectivity index (χ0) is 12.2. The Balaban J connectivity index is 1.77. The Kier molecular flexibility index (Phi) is 3.17. The second-order valence-electron chi connectivity index (χ2n) is 4.62. The van der Waals surface area contributed by atoms with Gasteiger partial charge in [-0.05, 0) is 31.0 Å². The lowest BCUT2D eigenvalue weighted by molar-refractivity contribution is 0.501. The zero-order valence-corrected chi connectivity index (χ0v) is 10.2. The van der Waals surface area contributed by atoms with E-state index in [1.165, 1.54) is 18.5 Å². The number of rotatable bonds is 2. The fraction of sp³-hybridized carbons (Fsp3) is 0.357. The first kappa shape index (κ1) is 11.1. The van der Waals surface area contributed by atoms with Gasteiger partial charge in [-0.15, -0.1) is 0 Å². The molecule has 0 aliphatic carbocycles. The van der Waals surface area contributed by atoms with Gasteiger partial charge in [-0.2, -0.15) is 0 Å². The monoisotopic (exact) mass is 240 g/mol. The highest BCUT2D eigenvalue weighted by Gasteiger charge is 2.22. The molecule has 4 heteroatoms. The van der Waals surface area contributed by atoms with Crippen molar-refractivity contribution in [1.82, 2.24) is 15.0 Å². The molecule has 3 rings (SSSR count). The van der Waals surface area contributed by atoms with Gasteiger partial charge >= 0.3 is 0 Å². The van der Waals surface area contributed by atoms with Crippen molar-refractivity contribution in [3.8, 4) is 0 Å². The fourth-order valence-corrected chi connectivity index (χ4v) is 2.55. The van der Waals surface area contributed by atoms with Crippen LogP contribution in [0.15, 0.2) is 43.1 Å². The molecule has 0 saturated carbocycles. The van der Waals surface area contributed by atoms with E-state index in [0.29, 0.717) is 5.92 Å². The molecule has 1 saturated heterocycles. The van der Waals surface area contributed by atoms with Crippen LogP contribution in [0.2, 0.25) is 0 Å². The third-order valence-corrected chi connectivity index (χ3v) is 3.47. The SMILES string of the molecule is c1cc(N2CCCC(c3ccncn3)C2)ccn1. The van der Waals surface area contributed by atoms with Gasteiger partial charge in [-0.25, -0.2) is 9.97 Å². The highest BCUT2D eigenvalue weighted by atomic mass is 15.1. The summed E-state index contributed by atoms with van der Waals surface area (Å²) in [5, 5.41) is 0. The van der Waals surface area contributed by atoms with Crippen LogP contribution in [0, 0.1) is 0 Å². The first-order chi connectivity index (χ1) is 8.93. The maximum Gasteiger partial charge on any atom is 0.115 e. The number of nitrogens with zero attached hydrogens (tertiary/aromatic N) is 4. The number of piperidine rings is 1. The summed E-state index contributed by atoms with van der Waals surface area (Å²) < 4.78 is 0. The summed E-state index contributed by atoms with van der Waals surface area (Å²) in [6, 6.07) is 6.17. The summed E-state index contributed by atoms with van der Waals surface area (Å²) in [5.41, 5.74) is 2.41. The summed E-state index contributed by atoms with van der Waals surface area (Å²) in [6.45, 7) is 2.15. The fourth-order valence-electron chi connectivity index (χ4n) is 2.55. The van der Waals surface area contributed by atoms with E-state index in [1.807, 2.05) is 24.7 Å². The molecular weight excluding hydrogens is 224 g/mol. The molecule has 2 aromatic heterocycles. The number of anilines is 1. The minimum Gasteiger partial charge on any atom is -0.371 e. The number of hydrogen-bond donors (Lipinski definition) is 0. The highest BCUT2D eigenvalue weighted by Crippen LogP contribution is 2.28. The van der Waals surface area contributed by atoms with Crippen LogP contribution in [0.5, 0.6) is 0 Å². The molecule has 0 radical (unpaired) electrons. The molecule has 0 aromatic carbocycles. The summed E-state index contributed by atoms with van der Waals surface area (Å²) in [5.74, 6) is 0.509. The van der Waals surface area contributed by atoms with Gasteiger partial charge in [0, 0.05) is 49.0 Å². The van der Waals surface area contributed by atoms with E-state index in [2.05, 4.69) is 32.0 Å². The molecule has 3 heterocycles. The molecule has 0 amide bonds. The van der Waals surface area contributed by atoms with Gasteiger partial charge in [0.2, 0.25) is 0 Å². The first-order valence-electron chi connectivity index (χ1n) is 6.34. The smallest absolute Gasteiger partial charge is 0.115 e. The Morgan fingerprint density at radius 3 is 2.67 bits per heavy atom. The van der Waals surface area contributed by atoms with Crippen molar-refractivity contribution in [3.05, 3.63) is 48.8 Å². The van der Waals surface area contributed by atoms with Gasteiger partial charge in [-0.1, -0.05) is 0 Å². The standard InChI is InChI=1S/C14H16N4/c1-2-12(14-5-8-16-11-17-14)10-18(9-1)13-3-6-15-7-4-13/h3-8,11-12H,1-2,9-10H2. The van der Waals surface area contributed by atoms with Crippen LogP contribution in [0.25, 0.3) is 0 Å². The third kappa shape index (κ3) is 2.32. The molecule has 4 nitrogen and oxygen atoms in total. The zero-order valence-electron chi connectivity index (χ0n) is 10.2. The van der Waals surface area contributed by atoms with Crippen LogP contribution >= 0.6 is 0 Å². The molecule has 0 bridgehead atoms. The minimum absolute atomic E-state index is 0.509. The maximum absolute atomic E-state index is 4.38. The van der Waals surface area contributed by atoms with Crippen molar-refractivity contribution in [1.29, 1.82) is 0 Å². The Morgan fingerprint density at radius 2 is 1.89 bits per heavy atom. The van der Waals surface area contributed by atoms with E-state index in [9.17, 15) is 0 Å². The van der Waals surface area contributed by atoms with Gasteiger partial charge in [0.05, 0.1) is 0 Å². The third-order valence-electron chi connectivity index (χ3n) is 3.47. The van der Waals surface area contributed by atoms with Crippen LogP contribution in [-0.2, 0) is 0 Å². The average molecular weight is 240 g/mol. The maximum atomic E-state index is 4.38. The predicted octanol–water partition coefficient (Wildman–Crippen LogP) is 2.26. The van der Waals surface area contributed by atoms with Gasteiger partial charge < -0.3 is 4.90 Å². The molecule has 92 valence electrons. The van der Waals surface area contributed by atoms with Crippen LogP contribution < -0.4 is 4.90 Å². The molecule has 0 N–H and O–H groups in total. The van der Waals surface area contributed by atoms with E-state index in [4.69, 9.17) is 0 Å². The Labute approximate surface area is 107 Å². The molecule has 2 aromatic rings. The quantitative estimate of drug-likeness (QED) is 0.807. The Morgan fingerprint density at radius 1 is 1.06 bits per heavy atom. The number of aromatic nitrogens is 3.